The number of carbonyl (C=O) groups excluding carboxylic acids is 1. The second-order valence-corrected chi connectivity index (χ2v) is 7.85. The lowest BCUT2D eigenvalue weighted by Crippen LogP contribution is -2.20. The van der Waals surface area contributed by atoms with Gasteiger partial charge in [-0.05, 0) is 37.8 Å². The summed E-state index contributed by atoms with van der Waals surface area (Å²) in [5, 5.41) is 19.2. The fourth-order valence-corrected chi connectivity index (χ4v) is 4.11. The van der Waals surface area contributed by atoms with E-state index in [2.05, 4.69) is 11.7 Å². The maximum Gasteiger partial charge on any atom is 0.508 e. The molecular weight excluding hydrogens is 376 g/mol. The van der Waals surface area contributed by atoms with E-state index in [1.54, 1.807) is 0 Å². The van der Waals surface area contributed by atoms with E-state index in [9.17, 15) is 14.7 Å². The molecule has 1 aliphatic heterocycles. The number of methoxy groups -OCH3 is 1. The van der Waals surface area contributed by atoms with Gasteiger partial charge in [0.15, 0.2) is 0 Å². The van der Waals surface area contributed by atoms with Crippen molar-refractivity contribution in [2.75, 3.05) is 7.11 Å². The molecule has 29 heavy (non-hydrogen) atoms. The monoisotopic (exact) mass is 410 g/mol. The summed E-state index contributed by atoms with van der Waals surface area (Å²) in [6, 6.07) is 0. The molecule has 0 aromatic carbocycles. The van der Waals surface area contributed by atoms with Crippen LogP contribution in [0.3, 0.4) is 0 Å². The second-order valence-electron chi connectivity index (χ2n) is 7.85. The van der Waals surface area contributed by atoms with Gasteiger partial charge in [0.2, 0.25) is 0 Å². The molecule has 1 saturated heterocycles. The van der Waals surface area contributed by atoms with Crippen molar-refractivity contribution >= 4 is 12.1 Å². The van der Waals surface area contributed by atoms with E-state index in [0.717, 1.165) is 37.9 Å². The highest BCUT2D eigenvalue weighted by Gasteiger charge is 2.47. The van der Waals surface area contributed by atoms with Gasteiger partial charge in [-0.15, -0.1) is 0 Å². The lowest BCUT2D eigenvalue weighted by atomic mass is 9.90. The number of carboxylic acid groups (broad SMARTS) is 1. The van der Waals surface area contributed by atoms with E-state index in [-0.39, 0.29) is 30.5 Å². The van der Waals surface area contributed by atoms with Crippen LogP contribution in [0.25, 0.3) is 0 Å². The van der Waals surface area contributed by atoms with Crippen LogP contribution < -0.4 is 0 Å². The fourth-order valence-electron chi connectivity index (χ4n) is 4.11. The van der Waals surface area contributed by atoms with Crippen LogP contribution in [-0.2, 0) is 19.0 Å². The van der Waals surface area contributed by atoms with Gasteiger partial charge in [-0.2, -0.15) is 0 Å². The number of hydrogen-bond donors (Lipinski definition) is 2. The Bertz CT molecular complexity index is 598. The number of hydrogen-bond acceptors (Lipinski definition) is 6. The lowest BCUT2D eigenvalue weighted by molar-refractivity contribution is -0.137. The normalized spacial score (nSPS) is 28.3. The average molecular weight is 411 g/mol. The van der Waals surface area contributed by atoms with Gasteiger partial charge in [0, 0.05) is 31.1 Å². The third kappa shape index (κ3) is 7.38. The smallest absolute Gasteiger partial charge is 0.495 e. The van der Waals surface area contributed by atoms with Crippen molar-refractivity contribution in [3.63, 3.8) is 0 Å². The van der Waals surface area contributed by atoms with E-state index in [1.165, 1.54) is 7.11 Å². The molecule has 0 bridgehead atoms. The summed E-state index contributed by atoms with van der Waals surface area (Å²) in [7, 11) is 1.29. The van der Waals surface area contributed by atoms with Crippen molar-refractivity contribution < 1.29 is 34.0 Å². The highest BCUT2D eigenvalue weighted by molar-refractivity contribution is 5.66. The molecule has 164 valence electrons. The largest absolute Gasteiger partial charge is 0.508 e. The minimum absolute atomic E-state index is 0.0227. The Balaban J connectivity index is 1.94. The molecule has 5 atom stereocenters. The first-order valence-corrected chi connectivity index (χ1v) is 10.6. The summed E-state index contributed by atoms with van der Waals surface area (Å²) in [4.78, 5) is 22.1. The van der Waals surface area contributed by atoms with Gasteiger partial charge in [-0.3, -0.25) is 4.79 Å². The molecule has 1 saturated carbocycles. The molecular formula is C22H34O7. The first-order valence-electron chi connectivity index (χ1n) is 10.6. The molecule has 0 amide bonds. The molecule has 7 nitrogen and oxygen atoms in total. The van der Waals surface area contributed by atoms with E-state index in [4.69, 9.17) is 14.6 Å². The number of fused-ring (bicyclic) bond motifs is 1. The lowest BCUT2D eigenvalue weighted by Gasteiger charge is -2.18. The van der Waals surface area contributed by atoms with E-state index >= 15 is 0 Å². The number of aliphatic hydroxyl groups excluding tert-OH is 1. The molecule has 0 spiro atoms. The summed E-state index contributed by atoms with van der Waals surface area (Å²) >= 11 is 0. The maximum atomic E-state index is 11.5. The predicted molar refractivity (Wildman–Crippen MR) is 107 cm³/mol. The summed E-state index contributed by atoms with van der Waals surface area (Å²) in [5.74, 6) is 0.228. The molecule has 0 radical (unpaired) electrons. The molecule has 7 heteroatoms. The van der Waals surface area contributed by atoms with Crippen LogP contribution in [0.5, 0.6) is 0 Å². The number of aliphatic carboxylic acids is 1. The van der Waals surface area contributed by atoms with Crippen LogP contribution in [0.2, 0.25) is 0 Å². The molecule has 1 aliphatic carbocycles. The van der Waals surface area contributed by atoms with Gasteiger partial charge in [-0.1, -0.05) is 25.8 Å². The van der Waals surface area contributed by atoms with Crippen LogP contribution in [0.4, 0.5) is 4.79 Å². The van der Waals surface area contributed by atoms with Crippen LogP contribution in [0.1, 0.15) is 64.7 Å². The molecule has 1 heterocycles. The maximum absolute atomic E-state index is 11.5. The highest BCUT2D eigenvalue weighted by Crippen LogP contribution is 2.45. The van der Waals surface area contributed by atoms with E-state index in [1.807, 2.05) is 18.2 Å². The van der Waals surface area contributed by atoms with Crippen molar-refractivity contribution in [3.8, 4) is 0 Å². The van der Waals surface area contributed by atoms with Crippen LogP contribution in [0, 0.1) is 11.8 Å². The minimum atomic E-state index is -0.788. The number of unbranched alkanes of at least 4 members (excludes halogenated alkanes) is 3. The van der Waals surface area contributed by atoms with Gasteiger partial charge < -0.3 is 24.4 Å². The third-order valence-electron chi connectivity index (χ3n) is 5.65. The predicted octanol–water partition coefficient (Wildman–Crippen LogP) is 4.20. The molecule has 2 fully saturated rings. The molecule has 0 unspecified atom stereocenters. The Kier molecular flexibility index (Phi) is 9.51. The fraction of sp³-hybridized carbons (Fsp3) is 0.727. The van der Waals surface area contributed by atoms with Crippen molar-refractivity contribution in [3.05, 3.63) is 24.0 Å². The molecule has 2 N–H and O–H groups in total. The first-order chi connectivity index (χ1) is 13.9. The van der Waals surface area contributed by atoms with Gasteiger partial charge in [0.1, 0.15) is 12.2 Å². The van der Waals surface area contributed by atoms with Gasteiger partial charge in [0.25, 0.3) is 0 Å². The zero-order valence-corrected chi connectivity index (χ0v) is 17.4. The van der Waals surface area contributed by atoms with Crippen molar-refractivity contribution in [1.82, 2.24) is 0 Å². The number of carboxylic acids is 1. The Hall–Kier alpha value is -2.02. The Morgan fingerprint density at radius 3 is 2.79 bits per heavy atom. The Labute approximate surface area is 172 Å². The number of aliphatic hydroxyl groups is 1. The average Bonchev–Trinajstić information content (AvgIpc) is 3.19. The third-order valence-corrected chi connectivity index (χ3v) is 5.65. The standard InChI is InChI=1S/C22H34O7/c1-3-4-5-8-15(29-22(26)27-2)11-12-17-18-13-16(9-6-7-10-21(24)25)28-20(18)14-19(17)23/h9,11-12,15,17-20,23H,3-8,10,13-14H2,1-2H3,(H,24,25)/b12-11+,16-9-/t15-,17+,18+,19+,20-/m0/s1. The number of carbonyl (C=O) groups is 2. The van der Waals surface area contributed by atoms with Crippen molar-refractivity contribution in [1.29, 1.82) is 0 Å². The molecule has 0 aromatic heterocycles. The van der Waals surface area contributed by atoms with Crippen molar-refractivity contribution in [2.24, 2.45) is 11.8 Å². The first kappa shape index (κ1) is 23.3. The quantitative estimate of drug-likeness (QED) is 0.299. The molecule has 2 rings (SSSR count). The van der Waals surface area contributed by atoms with Crippen LogP contribution in [0.15, 0.2) is 24.0 Å². The van der Waals surface area contributed by atoms with Crippen molar-refractivity contribution in [2.45, 2.75) is 83.0 Å². The summed E-state index contributed by atoms with van der Waals surface area (Å²) in [6.45, 7) is 2.12. The van der Waals surface area contributed by atoms with Crippen LogP contribution in [-0.4, -0.2) is 47.8 Å². The minimum Gasteiger partial charge on any atom is -0.495 e. The zero-order valence-electron chi connectivity index (χ0n) is 17.4. The topological polar surface area (TPSA) is 102 Å². The zero-order chi connectivity index (χ0) is 21.2. The molecule has 0 aromatic rings. The number of rotatable bonds is 11. The van der Waals surface area contributed by atoms with Gasteiger partial charge in [0.05, 0.1) is 19.0 Å². The second kappa shape index (κ2) is 11.9. The van der Waals surface area contributed by atoms with Gasteiger partial charge in [-0.25, -0.2) is 4.79 Å². The SMILES string of the molecule is CCCCC[C@@H](/C=C/[C@@H]1[C@H]2C/C(=C/CCCC(=O)O)O[C@H]2C[C@H]1O)OC(=O)OC. The van der Waals surface area contributed by atoms with Crippen LogP contribution >= 0.6 is 0 Å². The summed E-state index contributed by atoms with van der Waals surface area (Å²) < 4.78 is 15.9. The highest BCUT2D eigenvalue weighted by atomic mass is 16.7. The van der Waals surface area contributed by atoms with Gasteiger partial charge >= 0.3 is 12.1 Å². The summed E-state index contributed by atoms with van der Waals surface area (Å²) in [5.41, 5.74) is 0. The Morgan fingerprint density at radius 1 is 1.31 bits per heavy atom. The number of ether oxygens (including phenoxy) is 3. The van der Waals surface area contributed by atoms with E-state index in [0.29, 0.717) is 19.3 Å². The number of allylic oxidation sites excluding steroid dienone is 2. The van der Waals surface area contributed by atoms with E-state index < -0.39 is 18.2 Å². The molecule has 2 aliphatic rings. The Morgan fingerprint density at radius 2 is 2.10 bits per heavy atom. The summed E-state index contributed by atoms with van der Waals surface area (Å²) in [6.07, 6.45) is 10.8.